The number of aromatic nitrogens is 3. The van der Waals surface area contributed by atoms with E-state index in [-0.39, 0.29) is 11.2 Å². The zero-order valence-electron chi connectivity index (χ0n) is 13.4. The van der Waals surface area contributed by atoms with Gasteiger partial charge in [0.15, 0.2) is 0 Å². The summed E-state index contributed by atoms with van der Waals surface area (Å²) >= 11 is 1.58. The van der Waals surface area contributed by atoms with Gasteiger partial charge in [-0.15, -0.1) is 11.3 Å². The lowest BCUT2D eigenvalue weighted by Crippen LogP contribution is -2.42. The molecule has 0 aliphatic carbocycles. The number of sulfonamides is 1. The first-order chi connectivity index (χ1) is 11.0. The molecule has 6 nitrogen and oxygen atoms in total. The molecular formula is C15H22N4O2S2. The van der Waals surface area contributed by atoms with Crippen LogP contribution in [0.2, 0.25) is 0 Å². The van der Waals surface area contributed by atoms with Gasteiger partial charge in [0.05, 0.1) is 23.0 Å². The van der Waals surface area contributed by atoms with Crippen LogP contribution in [0.25, 0.3) is 0 Å². The molecule has 1 atom stereocenters. The monoisotopic (exact) mass is 354 g/mol. The van der Waals surface area contributed by atoms with E-state index in [0.29, 0.717) is 19.6 Å². The Hall–Kier alpha value is -1.25. The molecule has 126 valence electrons. The van der Waals surface area contributed by atoms with E-state index in [4.69, 9.17) is 0 Å². The van der Waals surface area contributed by atoms with E-state index in [0.717, 1.165) is 24.4 Å². The second kappa shape index (κ2) is 6.70. The molecule has 1 fully saturated rings. The zero-order chi connectivity index (χ0) is 16.4. The fourth-order valence-corrected chi connectivity index (χ4v) is 4.90. The average molecular weight is 355 g/mol. The molecule has 1 aliphatic rings. The van der Waals surface area contributed by atoms with E-state index in [1.807, 2.05) is 17.1 Å². The van der Waals surface area contributed by atoms with Crippen molar-refractivity contribution >= 4 is 21.4 Å². The first-order valence-electron chi connectivity index (χ1n) is 7.85. The summed E-state index contributed by atoms with van der Waals surface area (Å²) in [7, 11) is -3.20. The van der Waals surface area contributed by atoms with Crippen LogP contribution < -0.4 is 0 Å². The molecule has 2 aromatic heterocycles. The summed E-state index contributed by atoms with van der Waals surface area (Å²) in [5.41, 5.74) is 2.83. The van der Waals surface area contributed by atoms with Gasteiger partial charge in [0.2, 0.25) is 10.0 Å². The summed E-state index contributed by atoms with van der Waals surface area (Å²) in [4.78, 5) is 8.82. The van der Waals surface area contributed by atoms with Crippen LogP contribution in [-0.4, -0.2) is 45.6 Å². The summed E-state index contributed by atoms with van der Waals surface area (Å²) in [6.07, 6.45) is 5.58. The van der Waals surface area contributed by atoms with E-state index >= 15 is 0 Å². The lowest BCUT2D eigenvalue weighted by Gasteiger charge is -2.33. The normalized spacial score (nSPS) is 20.2. The third kappa shape index (κ3) is 3.49. The molecule has 3 heterocycles. The van der Waals surface area contributed by atoms with E-state index in [9.17, 15) is 8.42 Å². The van der Waals surface area contributed by atoms with Gasteiger partial charge in [0, 0.05) is 36.8 Å². The van der Waals surface area contributed by atoms with Crippen molar-refractivity contribution in [1.29, 1.82) is 0 Å². The molecule has 0 unspecified atom stereocenters. The lowest BCUT2D eigenvalue weighted by molar-refractivity contribution is 0.303. The molecule has 0 spiro atoms. The molecule has 8 heteroatoms. The van der Waals surface area contributed by atoms with Crippen LogP contribution in [0, 0.1) is 0 Å². The molecular weight excluding hydrogens is 332 g/mol. The van der Waals surface area contributed by atoms with Crippen molar-refractivity contribution in [3.63, 3.8) is 0 Å². The van der Waals surface area contributed by atoms with Crippen LogP contribution >= 0.6 is 11.3 Å². The molecule has 2 aromatic rings. The van der Waals surface area contributed by atoms with Crippen molar-refractivity contribution < 1.29 is 8.42 Å². The Balaban J connectivity index is 1.78. The van der Waals surface area contributed by atoms with Gasteiger partial charge in [-0.25, -0.2) is 22.7 Å². The van der Waals surface area contributed by atoms with E-state index in [1.165, 1.54) is 0 Å². The van der Waals surface area contributed by atoms with Gasteiger partial charge in [0.1, 0.15) is 5.82 Å². The Labute approximate surface area is 141 Å². The van der Waals surface area contributed by atoms with Gasteiger partial charge in [-0.05, 0) is 26.7 Å². The van der Waals surface area contributed by atoms with Crippen molar-refractivity contribution in [3.05, 3.63) is 34.8 Å². The summed E-state index contributed by atoms with van der Waals surface area (Å²) < 4.78 is 28.6. The SMILES string of the molecule is CC(C)S(=O)(=O)N1CCC[C@@H](c2nccn2Cc2cscn2)C1. The van der Waals surface area contributed by atoms with Crippen molar-refractivity contribution in [3.8, 4) is 0 Å². The second-order valence-corrected chi connectivity index (χ2v) is 9.39. The minimum absolute atomic E-state index is 0.144. The number of rotatable bonds is 5. The zero-order valence-corrected chi connectivity index (χ0v) is 15.1. The van der Waals surface area contributed by atoms with Crippen molar-refractivity contribution in [2.75, 3.05) is 13.1 Å². The Bertz CT molecular complexity index is 737. The van der Waals surface area contributed by atoms with E-state index in [2.05, 4.69) is 14.5 Å². The Kier molecular flexibility index (Phi) is 4.84. The molecule has 1 saturated heterocycles. The molecule has 0 amide bonds. The molecule has 0 radical (unpaired) electrons. The molecule has 1 aliphatic heterocycles. The second-order valence-electron chi connectivity index (χ2n) is 6.18. The van der Waals surface area contributed by atoms with E-state index < -0.39 is 10.0 Å². The predicted molar refractivity (Wildman–Crippen MR) is 91.0 cm³/mol. The largest absolute Gasteiger partial charge is 0.329 e. The predicted octanol–water partition coefficient (Wildman–Crippen LogP) is 2.31. The maximum Gasteiger partial charge on any atom is 0.216 e. The van der Waals surface area contributed by atoms with Crippen LogP contribution in [0.15, 0.2) is 23.3 Å². The first kappa shape index (κ1) is 16.6. The molecule has 0 bridgehead atoms. The van der Waals surface area contributed by atoms with Gasteiger partial charge < -0.3 is 4.57 Å². The van der Waals surface area contributed by atoms with Crippen LogP contribution in [-0.2, 0) is 16.6 Å². The molecule has 23 heavy (non-hydrogen) atoms. The molecule has 0 aromatic carbocycles. The summed E-state index contributed by atoms with van der Waals surface area (Å²) in [6, 6.07) is 0. The van der Waals surface area contributed by atoms with Gasteiger partial charge in [-0.1, -0.05) is 0 Å². The van der Waals surface area contributed by atoms with Crippen molar-refractivity contribution in [2.24, 2.45) is 0 Å². The highest BCUT2D eigenvalue weighted by Crippen LogP contribution is 2.28. The van der Waals surface area contributed by atoms with Crippen molar-refractivity contribution in [2.45, 2.75) is 44.4 Å². The maximum atomic E-state index is 12.4. The fourth-order valence-electron chi connectivity index (χ4n) is 2.99. The Morgan fingerprint density at radius 3 is 2.91 bits per heavy atom. The van der Waals surface area contributed by atoms with Gasteiger partial charge in [0.25, 0.3) is 0 Å². The summed E-state index contributed by atoms with van der Waals surface area (Å²) in [6.45, 7) is 5.30. The third-order valence-electron chi connectivity index (χ3n) is 4.27. The Morgan fingerprint density at radius 2 is 2.22 bits per heavy atom. The minimum atomic E-state index is -3.20. The number of nitrogens with zero attached hydrogens (tertiary/aromatic N) is 4. The average Bonchev–Trinajstić information content (AvgIpc) is 3.19. The topological polar surface area (TPSA) is 68.1 Å². The van der Waals surface area contributed by atoms with Crippen molar-refractivity contribution in [1.82, 2.24) is 18.8 Å². The number of thiazole rings is 1. The number of hydrogen-bond donors (Lipinski definition) is 0. The third-order valence-corrected chi connectivity index (χ3v) is 7.15. The molecule has 3 rings (SSSR count). The van der Waals surface area contributed by atoms with Crippen LogP contribution in [0.1, 0.15) is 44.1 Å². The van der Waals surface area contributed by atoms with Gasteiger partial charge in [-0.3, -0.25) is 0 Å². The van der Waals surface area contributed by atoms with Crippen LogP contribution in [0.3, 0.4) is 0 Å². The fraction of sp³-hybridized carbons (Fsp3) is 0.600. The molecule has 0 saturated carbocycles. The smallest absolute Gasteiger partial charge is 0.216 e. The van der Waals surface area contributed by atoms with Crippen LogP contribution in [0.5, 0.6) is 0 Å². The van der Waals surface area contributed by atoms with Crippen LogP contribution in [0.4, 0.5) is 0 Å². The summed E-state index contributed by atoms with van der Waals surface area (Å²) in [5.74, 6) is 1.10. The number of piperidine rings is 1. The summed E-state index contributed by atoms with van der Waals surface area (Å²) in [5, 5.41) is 1.65. The lowest BCUT2D eigenvalue weighted by atomic mass is 9.99. The number of imidazole rings is 1. The molecule has 0 N–H and O–H groups in total. The standard InChI is InChI=1S/C15H22N4O2S2/c1-12(2)23(20,21)19-6-3-4-13(8-19)15-16-5-7-18(15)9-14-10-22-11-17-14/h5,7,10-13H,3-4,6,8-9H2,1-2H3/t13-/m1/s1. The first-order valence-corrected chi connectivity index (χ1v) is 10.3. The Morgan fingerprint density at radius 1 is 1.39 bits per heavy atom. The van der Waals surface area contributed by atoms with Gasteiger partial charge in [-0.2, -0.15) is 0 Å². The highest BCUT2D eigenvalue weighted by atomic mass is 32.2. The minimum Gasteiger partial charge on any atom is -0.329 e. The quantitative estimate of drug-likeness (QED) is 0.826. The van der Waals surface area contributed by atoms with Gasteiger partial charge >= 0.3 is 0 Å². The highest BCUT2D eigenvalue weighted by molar-refractivity contribution is 7.89. The van der Waals surface area contributed by atoms with E-state index in [1.54, 1.807) is 35.7 Å². The highest BCUT2D eigenvalue weighted by Gasteiger charge is 2.33. The number of hydrogen-bond acceptors (Lipinski definition) is 5. The maximum absolute atomic E-state index is 12.4.